The first-order chi connectivity index (χ1) is 17.2. The molecular formula is C28H19N3O5. The van der Waals surface area contributed by atoms with Gasteiger partial charge in [-0.3, -0.25) is 25.0 Å². The number of rotatable bonds is 6. The Labute approximate surface area is 206 Å². The summed E-state index contributed by atoms with van der Waals surface area (Å²) in [7, 11) is 0. The SMILES string of the molecule is Cc1c(-c2c(C)c(C(=O)c3ccccc3)cc(-c3ccc(C#N)cc3)c2[N+](=O)[O-])cccc1[N+](=O)[O-]. The Morgan fingerprint density at radius 2 is 1.47 bits per heavy atom. The van der Waals surface area contributed by atoms with Crippen LogP contribution in [-0.4, -0.2) is 15.6 Å². The fourth-order valence-corrected chi connectivity index (χ4v) is 4.30. The number of nitro benzene ring substituents is 2. The molecule has 4 aromatic carbocycles. The van der Waals surface area contributed by atoms with Gasteiger partial charge in [-0.1, -0.05) is 54.6 Å². The largest absolute Gasteiger partial charge is 0.289 e. The van der Waals surface area contributed by atoms with Crippen molar-refractivity contribution in [3.8, 4) is 28.3 Å². The second kappa shape index (κ2) is 9.60. The lowest BCUT2D eigenvalue weighted by molar-refractivity contribution is -0.385. The number of hydrogen-bond donors (Lipinski definition) is 0. The van der Waals surface area contributed by atoms with Gasteiger partial charge in [-0.25, -0.2) is 0 Å². The number of hydrogen-bond acceptors (Lipinski definition) is 6. The molecule has 0 bridgehead atoms. The summed E-state index contributed by atoms with van der Waals surface area (Å²) in [6.07, 6.45) is 0. The minimum Gasteiger partial charge on any atom is -0.289 e. The molecule has 4 aromatic rings. The number of carbonyl (C=O) groups is 1. The lowest BCUT2D eigenvalue weighted by Gasteiger charge is -2.17. The summed E-state index contributed by atoms with van der Waals surface area (Å²) < 4.78 is 0. The van der Waals surface area contributed by atoms with Crippen LogP contribution in [0.4, 0.5) is 11.4 Å². The van der Waals surface area contributed by atoms with Gasteiger partial charge in [0, 0.05) is 22.8 Å². The molecule has 0 N–H and O–H groups in total. The molecule has 0 atom stereocenters. The van der Waals surface area contributed by atoms with Gasteiger partial charge >= 0.3 is 0 Å². The normalized spacial score (nSPS) is 10.5. The zero-order chi connectivity index (χ0) is 26.0. The highest BCUT2D eigenvalue weighted by atomic mass is 16.6. The summed E-state index contributed by atoms with van der Waals surface area (Å²) in [5, 5.41) is 33.2. The van der Waals surface area contributed by atoms with Crippen molar-refractivity contribution in [1.82, 2.24) is 0 Å². The van der Waals surface area contributed by atoms with E-state index >= 15 is 0 Å². The molecule has 8 nitrogen and oxygen atoms in total. The minimum atomic E-state index is -0.541. The third-order valence-electron chi connectivity index (χ3n) is 6.12. The molecule has 4 rings (SSSR count). The maximum atomic E-state index is 13.6. The smallest absolute Gasteiger partial charge is 0.285 e. The van der Waals surface area contributed by atoms with Crippen molar-refractivity contribution in [2.24, 2.45) is 0 Å². The third kappa shape index (κ3) is 4.21. The van der Waals surface area contributed by atoms with Gasteiger partial charge in [-0.05, 0) is 48.7 Å². The van der Waals surface area contributed by atoms with Crippen LogP contribution < -0.4 is 0 Å². The van der Waals surface area contributed by atoms with Crippen molar-refractivity contribution in [1.29, 1.82) is 5.26 Å². The van der Waals surface area contributed by atoms with Crippen molar-refractivity contribution in [2.45, 2.75) is 13.8 Å². The Balaban J connectivity index is 2.13. The molecule has 0 heterocycles. The van der Waals surface area contributed by atoms with E-state index in [0.29, 0.717) is 27.8 Å². The molecule has 0 amide bonds. The van der Waals surface area contributed by atoms with E-state index in [0.717, 1.165) is 0 Å². The molecule has 0 saturated heterocycles. The van der Waals surface area contributed by atoms with Gasteiger partial charge in [0.05, 0.1) is 32.6 Å². The van der Waals surface area contributed by atoms with Crippen LogP contribution in [0.2, 0.25) is 0 Å². The number of ketones is 1. The molecular weight excluding hydrogens is 458 g/mol. The molecule has 0 aliphatic heterocycles. The van der Waals surface area contributed by atoms with Crippen LogP contribution in [0.15, 0.2) is 78.9 Å². The van der Waals surface area contributed by atoms with Crippen molar-refractivity contribution in [2.75, 3.05) is 0 Å². The summed E-state index contributed by atoms with van der Waals surface area (Å²) in [6, 6.07) is 22.7. The zero-order valence-electron chi connectivity index (χ0n) is 19.4. The average Bonchev–Trinajstić information content (AvgIpc) is 2.88. The Kier molecular flexibility index (Phi) is 6.40. The average molecular weight is 477 g/mol. The van der Waals surface area contributed by atoms with Crippen LogP contribution in [0.1, 0.15) is 32.6 Å². The summed E-state index contributed by atoms with van der Waals surface area (Å²) in [4.78, 5) is 36.6. The van der Waals surface area contributed by atoms with Gasteiger partial charge in [0.1, 0.15) is 0 Å². The highest BCUT2D eigenvalue weighted by Crippen LogP contribution is 2.45. The lowest BCUT2D eigenvalue weighted by Crippen LogP contribution is -2.09. The zero-order valence-corrected chi connectivity index (χ0v) is 19.4. The van der Waals surface area contributed by atoms with Gasteiger partial charge < -0.3 is 0 Å². The third-order valence-corrected chi connectivity index (χ3v) is 6.12. The molecule has 0 fully saturated rings. The van der Waals surface area contributed by atoms with Gasteiger partial charge in [0.15, 0.2) is 5.78 Å². The van der Waals surface area contributed by atoms with E-state index in [1.807, 2.05) is 6.07 Å². The summed E-state index contributed by atoms with van der Waals surface area (Å²) >= 11 is 0. The van der Waals surface area contributed by atoms with E-state index in [1.54, 1.807) is 55.5 Å². The molecule has 0 aromatic heterocycles. The first kappa shape index (κ1) is 24.0. The van der Waals surface area contributed by atoms with Crippen LogP contribution in [-0.2, 0) is 0 Å². The van der Waals surface area contributed by atoms with Crippen molar-refractivity contribution in [3.05, 3.63) is 127 Å². The second-order valence-corrected chi connectivity index (χ2v) is 8.17. The fourth-order valence-electron chi connectivity index (χ4n) is 4.30. The quantitative estimate of drug-likeness (QED) is 0.176. The molecule has 0 aliphatic carbocycles. The lowest BCUT2D eigenvalue weighted by atomic mass is 9.85. The Hall–Kier alpha value is -5.16. The van der Waals surface area contributed by atoms with Crippen LogP contribution in [0.25, 0.3) is 22.3 Å². The molecule has 0 spiro atoms. The van der Waals surface area contributed by atoms with Gasteiger partial charge in [-0.2, -0.15) is 5.26 Å². The van der Waals surface area contributed by atoms with Gasteiger partial charge in [-0.15, -0.1) is 0 Å². The number of nitrogens with zero attached hydrogens (tertiary/aromatic N) is 3. The highest BCUT2D eigenvalue weighted by molar-refractivity contribution is 6.12. The minimum absolute atomic E-state index is 0.141. The number of benzene rings is 4. The van der Waals surface area contributed by atoms with Crippen molar-refractivity contribution >= 4 is 17.2 Å². The highest BCUT2D eigenvalue weighted by Gasteiger charge is 2.31. The van der Waals surface area contributed by atoms with E-state index < -0.39 is 9.85 Å². The second-order valence-electron chi connectivity index (χ2n) is 8.17. The Morgan fingerprint density at radius 1 is 0.806 bits per heavy atom. The number of nitriles is 1. The Morgan fingerprint density at radius 3 is 2.06 bits per heavy atom. The summed E-state index contributed by atoms with van der Waals surface area (Å²) in [6.45, 7) is 3.14. The molecule has 176 valence electrons. The molecule has 0 aliphatic rings. The van der Waals surface area contributed by atoms with Gasteiger partial charge in [0.25, 0.3) is 11.4 Å². The molecule has 0 saturated carbocycles. The summed E-state index contributed by atoms with van der Waals surface area (Å²) in [5.41, 5.74) is 2.22. The maximum absolute atomic E-state index is 13.6. The van der Waals surface area contributed by atoms with E-state index in [4.69, 9.17) is 5.26 Å². The van der Waals surface area contributed by atoms with Crippen LogP contribution >= 0.6 is 0 Å². The van der Waals surface area contributed by atoms with E-state index in [2.05, 4.69) is 0 Å². The van der Waals surface area contributed by atoms with Crippen LogP contribution in [0, 0.1) is 45.4 Å². The van der Waals surface area contributed by atoms with Crippen molar-refractivity contribution in [3.63, 3.8) is 0 Å². The van der Waals surface area contributed by atoms with Gasteiger partial charge in [0.2, 0.25) is 0 Å². The number of carbonyl (C=O) groups excluding carboxylic acids is 1. The predicted octanol–water partition coefficient (Wildman–Crippen LogP) is 6.56. The van der Waals surface area contributed by atoms with Crippen LogP contribution in [0.5, 0.6) is 0 Å². The topological polar surface area (TPSA) is 127 Å². The van der Waals surface area contributed by atoms with Crippen LogP contribution in [0.3, 0.4) is 0 Å². The van der Waals surface area contributed by atoms with E-state index in [1.165, 1.54) is 37.3 Å². The number of nitro groups is 2. The maximum Gasteiger partial charge on any atom is 0.285 e. The van der Waals surface area contributed by atoms with Crippen molar-refractivity contribution < 1.29 is 14.6 Å². The molecule has 36 heavy (non-hydrogen) atoms. The van der Waals surface area contributed by atoms with E-state index in [-0.39, 0.29) is 39.4 Å². The molecule has 8 heteroatoms. The molecule has 0 radical (unpaired) electrons. The fraction of sp³-hybridized carbons (Fsp3) is 0.0714. The first-order valence-electron chi connectivity index (χ1n) is 10.9. The standard InChI is InChI=1S/C28H19N3O5/c1-17-22(9-6-10-25(17)30(33)34)26-18(2)23(28(32)21-7-4-3-5-8-21)15-24(27(26)31(35)36)20-13-11-19(16-29)12-14-20/h3-15H,1-2H3. The first-order valence-corrected chi connectivity index (χ1v) is 10.9. The Bertz CT molecular complexity index is 1570. The monoisotopic (exact) mass is 477 g/mol. The summed E-state index contributed by atoms with van der Waals surface area (Å²) in [5.74, 6) is -0.331. The predicted molar refractivity (Wildman–Crippen MR) is 135 cm³/mol. The molecule has 0 unspecified atom stereocenters. The van der Waals surface area contributed by atoms with E-state index in [9.17, 15) is 25.0 Å².